The molecule has 74 valence electrons. The van der Waals surface area contributed by atoms with Crippen molar-refractivity contribution in [1.82, 2.24) is 0 Å². The molecule has 0 aliphatic rings. The largest absolute Gasteiger partial charge is 0.327 e. The first-order chi connectivity index (χ1) is 5.57. The summed E-state index contributed by atoms with van der Waals surface area (Å²) >= 11 is 1.97. The molecule has 0 rings (SSSR count). The first-order valence-corrected chi connectivity index (χ1v) is 6.00. The van der Waals surface area contributed by atoms with E-state index < -0.39 is 0 Å². The molecule has 0 spiro atoms. The maximum Gasteiger partial charge on any atom is 0.0156 e. The summed E-state index contributed by atoms with van der Waals surface area (Å²) in [6, 6.07) is 0.386. The van der Waals surface area contributed by atoms with Gasteiger partial charge in [0.25, 0.3) is 0 Å². The van der Waals surface area contributed by atoms with Crippen LogP contribution in [0.3, 0.4) is 0 Å². The number of rotatable bonds is 6. The van der Waals surface area contributed by atoms with Crippen molar-refractivity contribution in [3.63, 3.8) is 0 Å². The van der Waals surface area contributed by atoms with Crippen molar-refractivity contribution in [2.24, 2.45) is 11.7 Å². The van der Waals surface area contributed by atoms with Gasteiger partial charge in [-0.2, -0.15) is 11.8 Å². The highest BCUT2D eigenvalue weighted by Crippen LogP contribution is 2.16. The van der Waals surface area contributed by atoms with Crippen molar-refractivity contribution in [3.8, 4) is 0 Å². The number of hydrogen-bond donors (Lipinski definition) is 1. The molecule has 1 nitrogen and oxygen atoms in total. The fourth-order valence-corrected chi connectivity index (χ4v) is 2.07. The van der Waals surface area contributed by atoms with Crippen LogP contribution in [0.15, 0.2) is 0 Å². The third-order valence-corrected chi connectivity index (χ3v) is 3.34. The molecule has 2 unspecified atom stereocenters. The second kappa shape index (κ2) is 6.79. The van der Waals surface area contributed by atoms with E-state index >= 15 is 0 Å². The van der Waals surface area contributed by atoms with Gasteiger partial charge in [0.15, 0.2) is 0 Å². The SMILES string of the molecule is CCCC(C)C(N)CSC(C)C. The third-order valence-electron chi connectivity index (χ3n) is 2.10. The normalized spacial score (nSPS) is 16.5. The first kappa shape index (κ1) is 12.3. The van der Waals surface area contributed by atoms with Crippen molar-refractivity contribution in [2.45, 2.75) is 51.8 Å². The Hall–Kier alpha value is 0.310. The molecular weight excluding hydrogens is 166 g/mol. The van der Waals surface area contributed by atoms with Gasteiger partial charge in [-0.25, -0.2) is 0 Å². The van der Waals surface area contributed by atoms with Crippen LogP contribution in [0.4, 0.5) is 0 Å². The molecule has 0 amide bonds. The van der Waals surface area contributed by atoms with Gasteiger partial charge in [0.1, 0.15) is 0 Å². The molecule has 0 heterocycles. The lowest BCUT2D eigenvalue weighted by Crippen LogP contribution is -2.31. The second-order valence-electron chi connectivity index (χ2n) is 3.81. The molecule has 2 N–H and O–H groups in total. The van der Waals surface area contributed by atoms with E-state index in [-0.39, 0.29) is 0 Å². The molecule has 0 aromatic carbocycles. The Morgan fingerprint density at radius 1 is 1.25 bits per heavy atom. The van der Waals surface area contributed by atoms with Crippen LogP contribution in [0.5, 0.6) is 0 Å². The average Bonchev–Trinajstić information content (AvgIpc) is 2.00. The average molecular weight is 189 g/mol. The molecule has 0 saturated carbocycles. The van der Waals surface area contributed by atoms with Crippen LogP contribution >= 0.6 is 11.8 Å². The molecule has 0 bridgehead atoms. The molecule has 0 radical (unpaired) electrons. The standard InChI is InChI=1S/C10H23NS/c1-5-6-9(4)10(11)7-12-8(2)3/h8-10H,5-7,11H2,1-4H3. The summed E-state index contributed by atoms with van der Waals surface area (Å²) in [6.07, 6.45) is 2.51. The highest BCUT2D eigenvalue weighted by Gasteiger charge is 2.11. The summed E-state index contributed by atoms with van der Waals surface area (Å²) in [5.74, 6) is 1.79. The Bertz CT molecular complexity index is 104. The predicted octanol–water partition coefficient (Wildman–Crippen LogP) is 2.89. The van der Waals surface area contributed by atoms with Gasteiger partial charge in [-0.3, -0.25) is 0 Å². The van der Waals surface area contributed by atoms with Crippen LogP contribution in [0, 0.1) is 5.92 Å². The molecule has 0 aliphatic heterocycles. The maximum absolute atomic E-state index is 6.03. The van der Waals surface area contributed by atoms with Crippen molar-refractivity contribution < 1.29 is 0 Å². The molecular formula is C10H23NS. The lowest BCUT2D eigenvalue weighted by molar-refractivity contribution is 0.450. The first-order valence-electron chi connectivity index (χ1n) is 4.95. The van der Waals surface area contributed by atoms with Crippen LogP contribution in [-0.4, -0.2) is 17.0 Å². The van der Waals surface area contributed by atoms with Gasteiger partial charge >= 0.3 is 0 Å². The summed E-state index contributed by atoms with van der Waals surface area (Å²) in [6.45, 7) is 8.93. The Labute approximate surface area is 81.5 Å². The van der Waals surface area contributed by atoms with Crippen molar-refractivity contribution in [2.75, 3.05) is 5.75 Å². The topological polar surface area (TPSA) is 26.0 Å². The second-order valence-corrected chi connectivity index (χ2v) is 5.42. The van der Waals surface area contributed by atoms with Crippen molar-refractivity contribution in [3.05, 3.63) is 0 Å². The Morgan fingerprint density at radius 2 is 1.83 bits per heavy atom. The molecule has 0 fully saturated rings. The summed E-state index contributed by atoms with van der Waals surface area (Å²) in [4.78, 5) is 0. The van der Waals surface area contributed by atoms with Gasteiger partial charge < -0.3 is 5.73 Å². The Balaban J connectivity index is 3.49. The molecule has 0 aliphatic carbocycles. The van der Waals surface area contributed by atoms with Gasteiger partial charge in [0.2, 0.25) is 0 Å². The van der Waals surface area contributed by atoms with Gasteiger partial charge in [0, 0.05) is 11.8 Å². The van der Waals surface area contributed by atoms with Crippen molar-refractivity contribution >= 4 is 11.8 Å². The van der Waals surface area contributed by atoms with E-state index in [1.54, 1.807) is 0 Å². The minimum absolute atomic E-state index is 0.386. The van der Waals surface area contributed by atoms with Gasteiger partial charge in [-0.05, 0) is 17.6 Å². The fraction of sp³-hybridized carbons (Fsp3) is 1.00. The highest BCUT2D eigenvalue weighted by atomic mass is 32.2. The van der Waals surface area contributed by atoms with Crippen LogP contribution in [-0.2, 0) is 0 Å². The van der Waals surface area contributed by atoms with E-state index in [0.29, 0.717) is 17.2 Å². The monoisotopic (exact) mass is 189 g/mol. The van der Waals surface area contributed by atoms with Crippen LogP contribution in [0.1, 0.15) is 40.5 Å². The number of nitrogens with two attached hydrogens (primary N) is 1. The smallest absolute Gasteiger partial charge is 0.0156 e. The zero-order chi connectivity index (χ0) is 9.56. The summed E-state index contributed by atoms with van der Waals surface area (Å²) in [5.41, 5.74) is 6.03. The molecule has 12 heavy (non-hydrogen) atoms. The Morgan fingerprint density at radius 3 is 2.25 bits per heavy atom. The van der Waals surface area contributed by atoms with Gasteiger partial charge in [-0.15, -0.1) is 0 Å². The molecule has 0 aromatic heterocycles. The predicted molar refractivity (Wildman–Crippen MR) is 59.6 cm³/mol. The quantitative estimate of drug-likeness (QED) is 0.695. The lowest BCUT2D eigenvalue weighted by Gasteiger charge is -2.19. The maximum atomic E-state index is 6.03. The zero-order valence-electron chi connectivity index (χ0n) is 8.84. The minimum Gasteiger partial charge on any atom is -0.327 e. The van der Waals surface area contributed by atoms with E-state index in [1.165, 1.54) is 12.8 Å². The van der Waals surface area contributed by atoms with E-state index in [9.17, 15) is 0 Å². The van der Waals surface area contributed by atoms with Crippen LogP contribution in [0.25, 0.3) is 0 Å². The zero-order valence-corrected chi connectivity index (χ0v) is 9.66. The Kier molecular flexibility index (Phi) is 6.96. The number of hydrogen-bond acceptors (Lipinski definition) is 2. The fourth-order valence-electron chi connectivity index (χ4n) is 1.14. The summed E-state index contributed by atoms with van der Waals surface area (Å²) < 4.78 is 0. The van der Waals surface area contributed by atoms with E-state index in [4.69, 9.17) is 5.73 Å². The molecule has 0 saturated heterocycles. The number of thioether (sulfide) groups is 1. The van der Waals surface area contributed by atoms with Gasteiger partial charge in [0.05, 0.1) is 0 Å². The van der Waals surface area contributed by atoms with Gasteiger partial charge in [-0.1, -0.05) is 34.1 Å². The van der Waals surface area contributed by atoms with Crippen LogP contribution < -0.4 is 5.73 Å². The highest BCUT2D eigenvalue weighted by molar-refractivity contribution is 7.99. The van der Waals surface area contributed by atoms with E-state index in [1.807, 2.05) is 11.8 Å². The summed E-state index contributed by atoms with van der Waals surface area (Å²) in [5, 5.41) is 0.713. The molecule has 2 atom stereocenters. The summed E-state index contributed by atoms with van der Waals surface area (Å²) in [7, 11) is 0. The molecule has 2 heteroatoms. The minimum atomic E-state index is 0.386. The van der Waals surface area contributed by atoms with E-state index in [2.05, 4.69) is 27.7 Å². The third kappa shape index (κ3) is 5.90. The van der Waals surface area contributed by atoms with Crippen molar-refractivity contribution in [1.29, 1.82) is 0 Å². The van der Waals surface area contributed by atoms with Crippen LogP contribution in [0.2, 0.25) is 0 Å². The van der Waals surface area contributed by atoms with E-state index in [0.717, 1.165) is 5.75 Å². The molecule has 0 aromatic rings. The lowest BCUT2D eigenvalue weighted by atomic mass is 9.99.